The number of fused-ring (bicyclic) bond motifs is 2. The summed E-state index contributed by atoms with van der Waals surface area (Å²) >= 11 is 17.9. The first-order valence-corrected chi connectivity index (χ1v) is 6.91. The molecule has 0 saturated carbocycles. The van der Waals surface area contributed by atoms with Gasteiger partial charge in [-0.1, -0.05) is 23.2 Å². The quantitative estimate of drug-likeness (QED) is 0.409. The Morgan fingerprint density at radius 1 is 0.773 bits per heavy atom. The van der Waals surface area contributed by atoms with E-state index >= 15 is 0 Å². The molecule has 22 heavy (non-hydrogen) atoms. The summed E-state index contributed by atoms with van der Waals surface area (Å²) < 4.78 is 3.10. The summed E-state index contributed by atoms with van der Waals surface area (Å²) in [7, 11) is 0. The standard InChI is InChI=1S/C10H4Cl3N9/c11-5-3-7(19-9(13)17-5)21(1-15-3)22-2-16-4-6(12)18-10(14)20-8(4)22/h1-2H,(H2,14,18,20). The largest absolute Gasteiger partial charge is 0.368 e. The van der Waals surface area contributed by atoms with Crippen LogP contribution in [0.4, 0.5) is 5.95 Å². The van der Waals surface area contributed by atoms with Crippen molar-refractivity contribution in [2.24, 2.45) is 0 Å². The van der Waals surface area contributed by atoms with Crippen LogP contribution in [0.2, 0.25) is 15.6 Å². The molecule has 0 unspecified atom stereocenters. The zero-order chi connectivity index (χ0) is 15.4. The molecule has 0 aliphatic rings. The van der Waals surface area contributed by atoms with Crippen molar-refractivity contribution in [1.29, 1.82) is 0 Å². The van der Waals surface area contributed by atoms with Crippen LogP contribution in [0.5, 0.6) is 0 Å². The third-order valence-electron chi connectivity index (χ3n) is 2.89. The molecule has 4 heterocycles. The van der Waals surface area contributed by atoms with Gasteiger partial charge in [0.2, 0.25) is 11.2 Å². The molecule has 0 aliphatic carbocycles. The van der Waals surface area contributed by atoms with E-state index in [0.717, 1.165) is 0 Å². The normalized spacial score (nSPS) is 11.6. The van der Waals surface area contributed by atoms with Crippen LogP contribution in [-0.4, -0.2) is 39.3 Å². The average molecular weight is 357 g/mol. The van der Waals surface area contributed by atoms with E-state index in [0.29, 0.717) is 22.3 Å². The van der Waals surface area contributed by atoms with Crippen molar-refractivity contribution in [3.63, 3.8) is 0 Å². The summed E-state index contributed by atoms with van der Waals surface area (Å²) in [6.45, 7) is 0. The fourth-order valence-corrected chi connectivity index (χ4v) is 2.66. The lowest BCUT2D eigenvalue weighted by Crippen LogP contribution is -2.09. The third-order valence-corrected chi connectivity index (χ3v) is 3.59. The predicted molar refractivity (Wildman–Crippen MR) is 80.9 cm³/mol. The second-order valence-electron chi connectivity index (χ2n) is 4.18. The molecule has 0 radical (unpaired) electrons. The first-order chi connectivity index (χ1) is 10.5. The molecule has 4 aromatic rings. The molecule has 0 amide bonds. The first-order valence-electron chi connectivity index (χ1n) is 5.77. The monoisotopic (exact) mass is 355 g/mol. The number of anilines is 1. The van der Waals surface area contributed by atoms with Gasteiger partial charge < -0.3 is 5.73 Å². The summed E-state index contributed by atoms with van der Waals surface area (Å²) in [5, 5.41) is 0.289. The van der Waals surface area contributed by atoms with Gasteiger partial charge in [-0.25, -0.2) is 24.3 Å². The number of imidazole rings is 2. The van der Waals surface area contributed by atoms with Crippen molar-refractivity contribution < 1.29 is 0 Å². The maximum Gasteiger partial charge on any atom is 0.225 e. The summed E-state index contributed by atoms with van der Waals surface area (Å²) in [4.78, 5) is 24.3. The van der Waals surface area contributed by atoms with Crippen molar-refractivity contribution >= 4 is 63.1 Å². The van der Waals surface area contributed by atoms with Crippen LogP contribution in [0.25, 0.3) is 22.3 Å². The molecule has 4 aromatic heterocycles. The first kappa shape index (κ1) is 13.4. The predicted octanol–water partition coefficient (Wildman–Crippen LogP) is 1.82. The van der Waals surface area contributed by atoms with E-state index < -0.39 is 0 Å². The molecule has 0 bridgehead atoms. The highest BCUT2D eigenvalue weighted by atomic mass is 35.5. The molecule has 9 nitrogen and oxygen atoms in total. The fourth-order valence-electron chi connectivity index (χ4n) is 2.01. The van der Waals surface area contributed by atoms with Crippen molar-refractivity contribution in [3.8, 4) is 0 Å². The van der Waals surface area contributed by atoms with E-state index in [1.807, 2.05) is 0 Å². The Bertz CT molecular complexity index is 953. The van der Waals surface area contributed by atoms with Gasteiger partial charge in [0.15, 0.2) is 21.6 Å². The molecule has 0 atom stereocenters. The van der Waals surface area contributed by atoms with Crippen molar-refractivity contribution in [2.75, 3.05) is 5.73 Å². The van der Waals surface area contributed by atoms with E-state index in [9.17, 15) is 0 Å². The smallest absolute Gasteiger partial charge is 0.225 e. The molecule has 0 fully saturated rings. The van der Waals surface area contributed by atoms with E-state index in [4.69, 9.17) is 40.5 Å². The Kier molecular flexibility index (Phi) is 2.83. The van der Waals surface area contributed by atoms with Gasteiger partial charge in [-0.05, 0) is 11.6 Å². The number of nitrogens with two attached hydrogens (primary N) is 1. The minimum Gasteiger partial charge on any atom is -0.368 e. The molecule has 0 aromatic carbocycles. The minimum absolute atomic E-state index is 0.00385. The number of nitrogens with zero attached hydrogens (tertiary/aromatic N) is 8. The Hall–Kier alpha value is -2.23. The van der Waals surface area contributed by atoms with Gasteiger partial charge in [0.1, 0.15) is 23.7 Å². The fraction of sp³-hybridized carbons (Fsp3) is 0. The molecule has 2 N–H and O–H groups in total. The number of aromatic nitrogens is 8. The number of nitrogen functional groups attached to an aromatic ring is 1. The van der Waals surface area contributed by atoms with Crippen LogP contribution in [0.15, 0.2) is 12.7 Å². The second-order valence-corrected chi connectivity index (χ2v) is 5.23. The van der Waals surface area contributed by atoms with Gasteiger partial charge in [0, 0.05) is 0 Å². The highest BCUT2D eigenvalue weighted by Crippen LogP contribution is 2.24. The van der Waals surface area contributed by atoms with Crippen LogP contribution >= 0.6 is 34.8 Å². The minimum atomic E-state index is -0.00385. The summed E-state index contributed by atoms with van der Waals surface area (Å²) in [5.74, 6) is 0.0226. The highest BCUT2D eigenvalue weighted by molar-refractivity contribution is 6.35. The van der Waals surface area contributed by atoms with E-state index in [-0.39, 0.29) is 21.5 Å². The topological polar surface area (TPSA) is 113 Å². The van der Waals surface area contributed by atoms with Gasteiger partial charge >= 0.3 is 0 Å². The molecule has 12 heteroatoms. The zero-order valence-corrected chi connectivity index (χ0v) is 12.7. The number of hydrogen-bond donors (Lipinski definition) is 1. The molecule has 110 valence electrons. The van der Waals surface area contributed by atoms with E-state index in [1.54, 1.807) is 9.35 Å². The lowest BCUT2D eigenvalue weighted by Gasteiger charge is -2.05. The van der Waals surface area contributed by atoms with Crippen LogP contribution in [-0.2, 0) is 0 Å². The van der Waals surface area contributed by atoms with Gasteiger partial charge in [0.05, 0.1) is 0 Å². The Morgan fingerprint density at radius 2 is 1.32 bits per heavy atom. The summed E-state index contributed by atoms with van der Waals surface area (Å²) in [5.41, 5.74) is 7.19. The molecule has 4 rings (SSSR count). The molecule has 0 saturated heterocycles. The van der Waals surface area contributed by atoms with Crippen LogP contribution < -0.4 is 5.73 Å². The number of rotatable bonds is 1. The van der Waals surface area contributed by atoms with Gasteiger partial charge in [-0.2, -0.15) is 15.0 Å². The Morgan fingerprint density at radius 3 is 1.95 bits per heavy atom. The highest BCUT2D eigenvalue weighted by Gasteiger charge is 2.16. The summed E-state index contributed by atoms with van der Waals surface area (Å²) in [6.07, 6.45) is 2.96. The lowest BCUT2D eigenvalue weighted by molar-refractivity contribution is 0.688. The molecule has 0 spiro atoms. The molecular formula is C10H4Cl3N9. The van der Waals surface area contributed by atoms with Crippen LogP contribution in [0, 0.1) is 0 Å². The van der Waals surface area contributed by atoms with E-state index in [1.165, 1.54) is 12.7 Å². The van der Waals surface area contributed by atoms with Gasteiger partial charge in [-0.15, -0.1) is 0 Å². The van der Waals surface area contributed by atoms with Crippen molar-refractivity contribution in [2.45, 2.75) is 0 Å². The Labute approximate surface area is 136 Å². The van der Waals surface area contributed by atoms with Crippen LogP contribution in [0.1, 0.15) is 0 Å². The summed E-state index contributed by atoms with van der Waals surface area (Å²) in [6, 6.07) is 0. The van der Waals surface area contributed by atoms with Crippen LogP contribution in [0.3, 0.4) is 0 Å². The average Bonchev–Trinajstić information content (AvgIpc) is 3.02. The SMILES string of the molecule is Nc1nc(Cl)c2ncn(-n3cnc4c(Cl)nc(Cl)nc43)c2n1. The lowest BCUT2D eigenvalue weighted by atomic mass is 10.5. The number of halogens is 3. The zero-order valence-electron chi connectivity index (χ0n) is 10.4. The second kappa shape index (κ2) is 4.63. The maximum absolute atomic E-state index is 6.01. The van der Waals surface area contributed by atoms with Gasteiger partial charge in [0.25, 0.3) is 0 Å². The molecule has 0 aliphatic heterocycles. The maximum atomic E-state index is 6.01. The van der Waals surface area contributed by atoms with Gasteiger partial charge in [-0.3, -0.25) is 0 Å². The molecular weight excluding hydrogens is 353 g/mol. The van der Waals surface area contributed by atoms with Crippen molar-refractivity contribution in [3.05, 3.63) is 28.2 Å². The van der Waals surface area contributed by atoms with Crippen molar-refractivity contribution in [1.82, 2.24) is 39.3 Å². The Balaban J connectivity index is 2.08. The third kappa shape index (κ3) is 1.86. The number of hydrogen-bond acceptors (Lipinski definition) is 7. The van der Waals surface area contributed by atoms with E-state index in [2.05, 4.69) is 29.9 Å².